The molecule has 1 heterocycles. The zero-order valence-electron chi connectivity index (χ0n) is 17.0. The number of urea groups is 1. The van der Waals surface area contributed by atoms with Gasteiger partial charge in [-0.2, -0.15) is 18.4 Å². The molecule has 166 valence electrons. The van der Waals surface area contributed by atoms with Crippen LogP contribution < -0.4 is 10.6 Å². The third-order valence-electron chi connectivity index (χ3n) is 4.90. The summed E-state index contributed by atoms with van der Waals surface area (Å²) in [6.45, 7) is 0. The molecule has 1 aromatic heterocycles. The van der Waals surface area contributed by atoms with Crippen molar-refractivity contribution in [3.8, 4) is 6.07 Å². The second-order valence-corrected chi connectivity index (χ2v) is 7.02. The molecule has 2 aromatic rings. The van der Waals surface area contributed by atoms with Crippen LogP contribution in [0, 0.1) is 11.3 Å². The van der Waals surface area contributed by atoms with Gasteiger partial charge in [0.15, 0.2) is 5.78 Å². The quantitative estimate of drug-likeness (QED) is 0.707. The molecule has 1 aliphatic carbocycles. The van der Waals surface area contributed by atoms with Crippen LogP contribution in [0.25, 0.3) is 0 Å². The van der Waals surface area contributed by atoms with Gasteiger partial charge in [-0.15, -0.1) is 0 Å². The summed E-state index contributed by atoms with van der Waals surface area (Å²) in [6.07, 6.45) is -1.85. The van der Waals surface area contributed by atoms with Crippen molar-refractivity contribution in [2.45, 2.75) is 31.5 Å². The smallest absolute Gasteiger partial charge is 0.416 e. The highest BCUT2D eigenvalue weighted by atomic mass is 19.4. The van der Waals surface area contributed by atoms with Crippen LogP contribution >= 0.6 is 0 Å². The fraction of sp³-hybridized carbons (Fsp3) is 0.273. The van der Waals surface area contributed by atoms with Crippen LogP contribution in [0.15, 0.2) is 53.9 Å². The first-order valence-corrected chi connectivity index (χ1v) is 9.64. The fourth-order valence-corrected chi connectivity index (χ4v) is 3.40. The average molecular weight is 444 g/mol. The van der Waals surface area contributed by atoms with E-state index >= 15 is 0 Å². The van der Waals surface area contributed by atoms with Crippen LogP contribution in [-0.4, -0.2) is 23.9 Å². The maximum atomic E-state index is 13.0. The van der Waals surface area contributed by atoms with E-state index in [2.05, 4.69) is 15.6 Å². The van der Waals surface area contributed by atoms with Gasteiger partial charge in [0, 0.05) is 24.7 Å². The number of allylic oxidation sites excluding steroid dienone is 1. The Morgan fingerprint density at radius 2 is 2.03 bits per heavy atom. The molecule has 0 saturated heterocycles. The van der Waals surface area contributed by atoms with Gasteiger partial charge in [0.1, 0.15) is 17.5 Å². The molecule has 1 aromatic carbocycles. The number of methoxy groups -OCH3 is 1. The average Bonchev–Trinajstić information content (AvgIpc) is 2.77. The van der Waals surface area contributed by atoms with Gasteiger partial charge in [0.25, 0.3) is 0 Å². The normalized spacial score (nSPS) is 15.0. The Balaban J connectivity index is 1.92. The van der Waals surface area contributed by atoms with Crippen molar-refractivity contribution >= 4 is 17.5 Å². The number of ketones is 1. The Morgan fingerprint density at radius 3 is 2.66 bits per heavy atom. The lowest BCUT2D eigenvalue weighted by molar-refractivity contribution is -0.137. The predicted octanol–water partition coefficient (Wildman–Crippen LogP) is 4.49. The lowest BCUT2D eigenvalue weighted by Crippen LogP contribution is -2.36. The van der Waals surface area contributed by atoms with Gasteiger partial charge < -0.3 is 15.4 Å². The second kappa shape index (κ2) is 9.51. The van der Waals surface area contributed by atoms with Crippen molar-refractivity contribution in [2.24, 2.45) is 0 Å². The van der Waals surface area contributed by atoms with Crippen LogP contribution in [0.2, 0.25) is 0 Å². The maximum Gasteiger partial charge on any atom is 0.416 e. The minimum atomic E-state index is -4.56. The Bertz CT molecular complexity index is 1090. The van der Waals surface area contributed by atoms with Crippen LogP contribution in [0.4, 0.5) is 23.7 Å². The minimum absolute atomic E-state index is 0.0649. The molecule has 2 amide bonds. The number of ether oxygens (including phenoxy) is 1. The molecule has 0 radical (unpaired) electrons. The van der Waals surface area contributed by atoms with Gasteiger partial charge >= 0.3 is 12.2 Å². The lowest BCUT2D eigenvalue weighted by Gasteiger charge is -2.26. The first kappa shape index (κ1) is 22.8. The van der Waals surface area contributed by atoms with Crippen LogP contribution in [-0.2, 0) is 15.7 Å². The molecule has 3 rings (SSSR count). The molecular formula is C22H19F3N4O3. The van der Waals surface area contributed by atoms with Gasteiger partial charge in [-0.3, -0.25) is 4.79 Å². The number of pyridine rings is 1. The highest BCUT2D eigenvalue weighted by Crippen LogP contribution is 2.33. The van der Waals surface area contributed by atoms with E-state index in [1.54, 1.807) is 6.07 Å². The zero-order valence-corrected chi connectivity index (χ0v) is 17.0. The number of carbonyl (C=O) groups excluding carboxylic acids is 2. The molecule has 0 aliphatic heterocycles. The van der Waals surface area contributed by atoms with Crippen molar-refractivity contribution in [2.75, 3.05) is 12.4 Å². The number of aromatic nitrogens is 1. The van der Waals surface area contributed by atoms with Crippen LogP contribution in [0.3, 0.4) is 0 Å². The SMILES string of the molecule is COC1=C(C(NC(=O)Nc2cccc(C(F)(F)F)c2)c2ccc(C#N)nc2)C(=O)CCC1. The summed E-state index contributed by atoms with van der Waals surface area (Å²) in [5.74, 6) is 0.191. The first-order chi connectivity index (χ1) is 15.2. The van der Waals surface area contributed by atoms with E-state index in [-0.39, 0.29) is 29.2 Å². The molecule has 2 N–H and O–H groups in total. The third kappa shape index (κ3) is 5.24. The molecule has 1 unspecified atom stereocenters. The number of nitrogens with one attached hydrogen (secondary N) is 2. The number of hydrogen-bond donors (Lipinski definition) is 2. The maximum absolute atomic E-state index is 13.0. The van der Waals surface area contributed by atoms with E-state index in [4.69, 9.17) is 10.00 Å². The molecule has 0 saturated carbocycles. The Kier molecular flexibility index (Phi) is 6.78. The number of alkyl halides is 3. The van der Waals surface area contributed by atoms with Gasteiger partial charge in [-0.25, -0.2) is 9.78 Å². The molecule has 1 atom stereocenters. The number of halogens is 3. The molecule has 0 bridgehead atoms. The van der Waals surface area contributed by atoms with Crippen molar-refractivity contribution < 1.29 is 27.5 Å². The fourth-order valence-electron chi connectivity index (χ4n) is 3.40. The predicted molar refractivity (Wildman–Crippen MR) is 108 cm³/mol. The van der Waals surface area contributed by atoms with Crippen molar-refractivity contribution in [1.82, 2.24) is 10.3 Å². The standard InChI is InChI=1S/C22H19F3N4O3/c1-32-18-7-3-6-17(30)19(18)20(13-8-9-16(11-26)27-12-13)29-21(31)28-15-5-2-4-14(10-15)22(23,24)25/h2,4-5,8-10,12,20H,3,6-7H2,1H3,(H2,28,29,31). The summed E-state index contributed by atoms with van der Waals surface area (Å²) in [5, 5.41) is 14.0. The topological polar surface area (TPSA) is 104 Å². The number of nitriles is 1. The third-order valence-corrected chi connectivity index (χ3v) is 4.90. The minimum Gasteiger partial charge on any atom is -0.501 e. The summed E-state index contributed by atoms with van der Waals surface area (Å²) in [6, 6.07) is 7.28. The van der Waals surface area contributed by atoms with E-state index in [9.17, 15) is 22.8 Å². The van der Waals surface area contributed by atoms with Gasteiger partial charge in [-0.05, 0) is 36.2 Å². The van der Waals surface area contributed by atoms with Crippen LogP contribution in [0.1, 0.15) is 42.1 Å². The molecule has 32 heavy (non-hydrogen) atoms. The van der Waals surface area contributed by atoms with Crippen molar-refractivity contribution in [3.05, 3.63) is 70.7 Å². The Labute approximate surface area is 181 Å². The molecule has 7 nitrogen and oxygen atoms in total. The van der Waals surface area contributed by atoms with Gasteiger partial charge in [-0.1, -0.05) is 12.1 Å². The Hall–Kier alpha value is -3.87. The lowest BCUT2D eigenvalue weighted by atomic mass is 9.88. The number of nitrogens with zero attached hydrogens (tertiary/aromatic N) is 2. The summed E-state index contributed by atoms with van der Waals surface area (Å²) < 4.78 is 44.2. The van der Waals surface area contributed by atoms with Gasteiger partial charge in [0.05, 0.1) is 24.3 Å². The molecular weight excluding hydrogens is 425 g/mol. The van der Waals surface area contributed by atoms with E-state index in [0.29, 0.717) is 24.2 Å². The number of carbonyl (C=O) groups is 2. The van der Waals surface area contributed by atoms with E-state index in [1.165, 1.54) is 31.5 Å². The number of Topliss-reactive ketones (excluding diaryl/α,β-unsaturated/α-hetero) is 1. The Morgan fingerprint density at radius 1 is 1.25 bits per heavy atom. The number of anilines is 1. The molecule has 10 heteroatoms. The number of benzene rings is 1. The monoisotopic (exact) mass is 444 g/mol. The van der Waals surface area contributed by atoms with Crippen molar-refractivity contribution in [1.29, 1.82) is 5.26 Å². The summed E-state index contributed by atoms with van der Waals surface area (Å²) in [7, 11) is 1.42. The van der Waals surface area contributed by atoms with E-state index < -0.39 is 23.8 Å². The van der Waals surface area contributed by atoms with E-state index in [1.807, 2.05) is 6.07 Å². The molecule has 0 spiro atoms. The zero-order chi connectivity index (χ0) is 23.3. The number of amides is 2. The summed E-state index contributed by atoms with van der Waals surface area (Å²) in [4.78, 5) is 29.3. The van der Waals surface area contributed by atoms with Gasteiger partial charge in [0.2, 0.25) is 0 Å². The molecule has 0 fully saturated rings. The van der Waals surface area contributed by atoms with E-state index in [0.717, 1.165) is 12.1 Å². The summed E-state index contributed by atoms with van der Waals surface area (Å²) >= 11 is 0. The largest absolute Gasteiger partial charge is 0.501 e. The molecule has 1 aliphatic rings. The van der Waals surface area contributed by atoms with Crippen molar-refractivity contribution in [3.63, 3.8) is 0 Å². The number of hydrogen-bond acceptors (Lipinski definition) is 5. The first-order valence-electron chi connectivity index (χ1n) is 9.64. The second-order valence-electron chi connectivity index (χ2n) is 7.02. The number of rotatable bonds is 5. The summed E-state index contributed by atoms with van der Waals surface area (Å²) in [5.41, 5.74) is -0.163. The highest BCUT2D eigenvalue weighted by Gasteiger charge is 2.32. The van der Waals surface area contributed by atoms with Crippen LogP contribution in [0.5, 0.6) is 0 Å². The highest BCUT2D eigenvalue weighted by molar-refractivity contribution is 5.99.